The molecule has 1 amide bonds. The number of likely N-dealkylation sites (tertiary alicyclic amines) is 1. The Bertz CT molecular complexity index is 516. The van der Waals surface area contributed by atoms with Crippen molar-refractivity contribution in [2.45, 2.75) is 26.9 Å². The molecule has 1 aliphatic heterocycles. The SMILES string of the molecule is C[C@@H]1C[C@@H](C)CN(C(=O)COC(=O)c2ccc(CO)cc2)C1. The summed E-state index contributed by atoms with van der Waals surface area (Å²) in [4.78, 5) is 25.8. The molecule has 2 rings (SSSR count). The maximum Gasteiger partial charge on any atom is 0.338 e. The van der Waals surface area contributed by atoms with Crippen molar-refractivity contribution in [2.75, 3.05) is 19.7 Å². The molecule has 5 nitrogen and oxygen atoms in total. The summed E-state index contributed by atoms with van der Waals surface area (Å²) in [5, 5.41) is 8.96. The summed E-state index contributed by atoms with van der Waals surface area (Å²) >= 11 is 0. The molecule has 1 saturated heterocycles. The lowest BCUT2D eigenvalue weighted by Gasteiger charge is -2.34. The van der Waals surface area contributed by atoms with E-state index < -0.39 is 5.97 Å². The number of aliphatic hydroxyl groups excluding tert-OH is 1. The number of hydrogen-bond donors (Lipinski definition) is 1. The van der Waals surface area contributed by atoms with Gasteiger partial charge in [0.15, 0.2) is 6.61 Å². The molecule has 120 valence electrons. The molecule has 1 aromatic rings. The van der Waals surface area contributed by atoms with Crippen LogP contribution < -0.4 is 0 Å². The van der Waals surface area contributed by atoms with Crippen LogP contribution in [-0.2, 0) is 16.1 Å². The first-order chi connectivity index (χ1) is 10.5. The summed E-state index contributed by atoms with van der Waals surface area (Å²) in [5.74, 6) is 0.304. The van der Waals surface area contributed by atoms with E-state index in [2.05, 4.69) is 13.8 Å². The van der Waals surface area contributed by atoms with Crippen molar-refractivity contribution in [3.63, 3.8) is 0 Å². The zero-order chi connectivity index (χ0) is 16.1. The number of nitrogens with zero attached hydrogens (tertiary/aromatic N) is 1. The molecule has 1 N–H and O–H groups in total. The Morgan fingerprint density at radius 2 is 1.77 bits per heavy atom. The number of rotatable bonds is 4. The van der Waals surface area contributed by atoms with E-state index >= 15 is 0 Å². The minimum absolute atomic E-state index is 0.0703. The topological polar surface area (TPSA) is 66.8 Å². The third kappa shape index (κ3) is 4.31. The second-order valence-electron chi connectivity index (χ2n) is 6.18. The van der Waals surface area contributed by atoms with Gasteiger partial charge in [0.1, 0.15) is 0 Å². The number of esters is 1. The first kappa shape index (κ1) is 16.5. The number of carbonyl (C=O) groups is 2. The van der Waals surface area contributed by atoms with Crippen LogP contribution in [0.15, 0.2) is 24.3 Å². The van der Waals surface area contributed by atoms with Gasteiger partial charge in [-0.15, -0.1) is 0 Å². The summed E-state index contributed by atoms with van der Waals surface area (Å²) in [5.41, 5.74) is 1.11. The van der Waals surface area contributed by atoms with Gasteiger partial charge in [0.2, 0.25) is 0 Å². The highest BCUT2D eigenvalue weighted by Gasteiger charge is 2.26. The fourth-order valence-corrected chi connectivity index (χ4v) is 2.91. The van der Waals surface area contributed by atoms with Gasteiger partial charge in [-0.2, -0.15) is 0 Å². The summed E-state index contributed by atoms with van der Waals surface area (Å²) in [6.07, 6.45) is 1.13. The van der Waals surface area contributed by atoms with Gasteiger partial charge in [-0.1, -0.05) is 26.0 Å². The largest absolute Gasteiger partial charge is 0.452 e. The van der Waals surface area contributed by atoms with Crippen LogP contribution in [0.25, 0.3) is 0 Å². The van der Waals surface area contributed by atoms with E-state index in [4.69, 9.17) is 9.84 Å². The van der Waals surface area contributed by atoms with Crippen molar-refractivity contribution in [2.24, 2.45) is 11.8 Å². The summed E-state index contributed by atoms with van der Waals surface area (Å²) in [6.45, 7) is 5.42. The average molecular weight is 305 g/mol. The molecular formula is C17H23NO4. The predicted molar refractivity (Wildman–Crippen MR) is 82.2 cm³/mol. The smallest absolute Gasteiger partial charge is 0.338 e. The molecule has 22 heavy (non-hydrogen) atoms. The first-order valence-electron chi connectivity index (χ1n) is 7.64. The van der Waals surface area contributed by atoms with Crippen LogP contribution in [0.3, 0.4) is 0 Å². The molecule has 1 heterocycles. The Kier molecular flexibility index (Phi) is 5.55. The number of benzene rings is 1. The van der Waals surface area contributed by atoms with Gasteiger partial charge < -0.3 is 14.7 Å². The molecule has 0 saturated carbocycles. The molecule has 1 aliphatic rings. The van der Waals surface area contributed by atoms with Crippen LogP contribution in [0.1, 0.15) is 36.2 Å². The summed E-state index contributed by atoms with van der Waals surface area (Å²) in [6, 6.07) is 6.49. The number of hydrogen-bond acceptors (Lipinski definition) is 4. The molecule has 0 bridgehead atoms. The van der Waals surface area contributed by atoms with Crippen LogP contribution in [0.5, 0.6) is 0 Å². The lowest BCUT2D eigenvalue weighted by Crippen LogP contribution is -2.44. The summed E-state index contributed by atoms with van der Waals surface area (Å²) < 4.78 is 5.09. The van der Waals surface area contributed by atoms with Gasteiger partial charge >= 0.3 is 5.97 Å². The second kappa shape index (κ2) is 7.40. The zero-order valence-corrected chi connectivity index (χ0v) is 13.1. The molecule has 1 aromatic carbocycles. The quantitative estimate of drug-likeness (QED) is 0.862. The number of amides is 1. The van der Waals surface area contributed by atoms with Crippen LogP contribution >= 0.6 is 0 Å². The second-order valence-corrected chi connectivity index (χ2v) is 6.18. The van der Waals surface area contributed by atoms with Gasteiger partial charge in [-0.3, -0.25) is 4.79 Å². The van der Waals surface area contributed by atoms with E-state index in [1.165, 1.54) is 0 Å². The number of ether oxygens (including phenoxy) is 1. The maximum absolute atomic E-state index is 12.1. The highest BCUT2D eigenvalue weighted by atomic mass is 16.5. The van der Waals surface area contributed by atoms with Gasteiger partial charge in [0, 0.05) is 13.1 Å². The van der Waals surface area contributed by atoms with E-state index in [-0.39, 0.29) is 19.1 Å². The Morgan fingerprint density at radius 1 is 1.18 bits per heavy atom. The normalized spacial score (nSPS) is 21.5. The number of piperidine rings is 1. The standard InChI is InChI=1S/C17H23NO4/c1-12-7-13(2)9-18(8-12)16(20)11-22-17(21)15-5-3-14(10-19)4-6-15/h3-6,12-13,19H,7-11H2,1-2H3/t12-,13-/m1/s1. The van der Waals surface area contributed by atoms with Crippen molar-refractivity contribution in [3.05, 3.63) is 35.4 Å². The minimum Gasteiger partial charge on any atom is -0.452 e. The zero-order valence-electron chi connectivity index (χ0n) is 13.1. The first-order valence-corrected chi connectivity index (χ1v) is 7.64. The molecule has 0 unspecified atom stereocenters. The van der Waals surface area contributed by atoms with E-state index in [1.54, 1.807) is 29.2 Å². The van der Waals surface area contributed by atoms with Crippen molar-refractivity contribution in [3.8, 4) is 0 Å². The Labute approximate surface area is 130 Å². The van der Waals surface area contributed by atoms with Crippen molar-refractivity contribution in [1.29, 1.82) is 0 Å². The van der Waals surface area contributed by atoms with E-state index in [1.807, 2.05) is 0 Å². The van der Waals surface area contributed by atoms with Crippen molar-refractivity contribution >= 4 is 11.9 Å². The molecule has 5 heteroatoms. The maximum atomic E-state index is 12.1. The predicted octanol–water partition coefficient (Wildman–Crippen LogP) is 1.84. The molecule has 0 spiro atoms. The molecule has 0 radical (unpaired) electrons. The Morgan fingerprint density at radius 3 is 2.32 bits per heavy atom. The monoisotopic (exact) mass is 305 g/mol. The van der Waals surface area contributed by atoms with Gasteiger partial charge in [0.05, 0.1) is 12.2 Å². The highest BCUT2D eigenvalue weighted by Crippen LogP contribution is 2.21. The lowest BCUT2D eigenvalue weighted by atomic mass is 9.92. The lowest BCUT2D eigenvalue weighted by molar-refractivity contribution is -0.137. The molecular weight excluding hydrogens is 282 g/mol. The fraction of sp³-hybridized carbons (Fsp3) is 0.529. The van der Waals surface area contributed by atoms with E-state index in [0.29, 0.717) is 17.4 Å². The number of aliphatic hydroxyl groups is 1. The third-order valence-corrected chi connectivity index (χ3v) is 3.92. The molecule has 1 fully saturated rings. The minimum atomic E-state index is -0.518. The Balaban J connectivity index is 1.85. The van der Waals surface area contributed by atoms with E-state index in [9.17, 15) is 9.59 Å². The molecule has 0 aliphatic carbocycles. The average Bonchev–Trinajstić information content (AvgIpc) is 2.51. The Hall–Kier alpha value is -1.88. The fourth-order valence-electron chi connectivity index (χ4n) is 2.91. The number of carbonyl (C=O) groups excluding carboxylic acids is 2. The van der Waals surface area contributed by atoms with Crippen LogP contribution in [0, 0.1) is 11.8 Å². The van der Waals surface area contributed by atoms with Crippen LogP contribution in [-0.4, -0.2) is 41.6 Å². The highest BCUT2D eigenvalue weighted by molar-refractivity contribution is 5.91. The van der Waals surface area contributed by atoms with Crippen LogP contribution in [0.4, 0.5) is 0 Å². The molecule has 0 aromatic heterocycles. The summed E-state index contributed by atoms with van der Waals surface area (Å²) in [7, 11) is 0. The van der Waals surface area contributed by atoms with Gasteiger partial charge in [-0.05, 0) is 36.0 Å². The van der Waals surface area contributed by atoms with Crippen molar-refractivity contribution < 1.29 is 19.4 Å². The third-order valence-electron chi connectivity index (χ3n) is 3.92. The van der Waals surface area contributed by atoms with E-state index in [0.717, 1.165) is 25.1 Å². The van der Waals surface area contributed by atoms with Crippen LogP contribution in [0.2, 0.25) is 0 Å². The van der Waals surface area contributed by atoms with Gasteiger partial charge in [0.25, 0.3) is 5.91 Å². The van der Waals surface area contributed by atoms with Gasteiger partial charge in [-0.25, -0.2) is 4.79 Å². The van der Waals surface area contributed by atoms with Crippen molar-refractivity contribution in [1.82, 2.24) is 4.90 Å². The molecule has 2 atom stereocenters.